The van der Waals surface area contributed by atoms with E-state index >= 15 is 0 Å². The number of amides is 2. The van der Waals surface area contributed by atoms with E-state index in [4.69, 9.17) is 4.55 Å². The van der Waals surface area contributed by atoms with E-state index in [9.17, 15) is 22.8 Å². The second kappa shape index (κ2) is 5.69. The highest BCUT2D eigenvalue weighted by molar-refractivity contribution is 14.1. The number of rotatable bonds is 3. The monoisotopic (exact) mass is 425 g/mol. The zero-order valence-corrected chi connectivity index (χ0v) is 13.2. The molecule has 1 heterocycles. The predicted octanol–water partition coefficient (Wildman–Crippen LogP) is 0.378. The van der Waals surface area contributed by atoms with Crippen molar-refractivity contribution in [2.45, 2.75) is 11.7 Å². The van der Waals surface area contributed by atoms with E-state index in [1.807, 2.05) is 22.6 Å². The van der Waals surface area contributed by atoms with E-state index in [0.29, 0.717) is 0 Å². The van der Waals surface area contributed by atoms with E-state index in [-0.39, 0.29) is 10.6 Å². The standard InChI is InChI=1S/C11H8INO7S/c12-7-3-1-6(2-4-7)11(16)20-13-9(14)5-8(10(13)15)21(17,18)19/h1-4,8H,5H2,(H,17,18,19). The highest BCUT2D eigenvalue weighted by atomic mass is 127. The Kier molecular flexibility index (Phi) is 4.30. The first-order chi connectivity index (χ1) is 9.70. The van der Waals surface area contributed by atoms with Crippen molar-refractivity contribution >= 4 is 50.5 Å². The third-order valence-electron chi connectivity index (χ3n) is 2.68. The van der Waals surface area contributed by atoms with Crippen molar-refractivity contribution in [1.29, 1.82) is 0 Å². The second-order valence-electron chi connectivity index (χ2n) is 4.12. The summed E-state index contributed by atoms with van der Waals surface area (Å²) in [7, 11) is -4.73. The number of carbonyl (C=O) groups is 3. The highest BCUT2D eigenvalue weighted by Gasteiger charge is 2.48. The molecular formula is C11H8INO7S. The smallest absolute Gasteiger partial charge is 0.325 e. The molecule has 1 aliphatic rings. The summed E-state index contributed by atoms with van der Waals surface area (Å²) in [6, 6.07) is 6.09. The van der Waals surface area contributed by atoms with Gasteiger partial charge in [-0.2, -0.15) is 8.42 Å². The molecule has 0 bridgehead atoms. The lowest BCUT2D eigenvalue weighted by atomic mass is 10.2. The van der Waals surface area contributed by atoms with Gasteiger partial charge in [-0.05, 0) is 46.9 Å². The molecule has 1 N–H and O–H groups in total. The summed E-state index contributed by atoms with van der Waals surface area (Å²) in [5.74, 6) is -3.29. The Morgan fingerprint density at radius 2 is 1.86 bits per heavy atom. The fourth-order valence-electron chi connectivity index (χ4n) is 1.63. The molecule has 10 heteroatoms. The van der Waals surface area contributed by atoms with Gasteiger partial charge in [0.05, 0.1) is 12.0 Å². The molecule has 2 rings (SSSR count). The summed E-state index contributed by atoms with van der Waals surface area (Å²) in [6.07, 6.45) is -0.766. The van der Waals surface area contributed by atoms with E-state index < -0.39 is 39.6 Å². The number of halogens is 1. The maximum Gasteiger partial charge on any atom is 0.363 e. The van der Waals surface area contributed by atoms with Crippen LogP contribution < -0.4 is 0 Å². The number of imide groups is 1. The molecule has 0 spiro atoms. The topological polar surface area (TPSA) is 118 Å². The molecule has 1 atom stereocenters. The summed E-state index contributed by atoms with van der Waals surface area (Å²) in [5.41, 5.74) is 0.0892. The first kappa shape index (κ1) is 15.9. The molecule has 0 radical (unpaired) electrons. The lowest BCUT2D eigenvalue weighted by molar-refractivity contribution is -0.172. The normalized spacial score (nSPS) is 19.0. The summed E-state index contributed by atoms with van der Waals surface area (Å²) in [6.45, 7) is 0. The van der Waals surface area contributed by atoms with Gasteiger partial charge in [-0.3, -0.25) is 14.1 Å². The Bertz CT molecular complexity index is 713. The van der Waals surface area contributed by atoms with Crippen LogP contribution in [0.2, 0.25) is 0 Å². The molecule has 2 amide bonds. The first-order valence-electron chi connectivity index (χ1n) is 5.51. The molecule has 1 aromatic carbocycles. The fourth-order valence-corrected chi connectivity index (χ4v) is 2.70. The Hall–Kier alpha value is -1.53. The van der Waals surface area contributed by atoms with Crippen LogP contribution in [-0.2, 0) is 24.5 Å². The average Bonchev–Trinajstić information content (AvgIpc) is 2.67. The third-order valence-corrected chi connectivity index (χ3v) is 4.48. The van der Waals surface area contributed by atoms with Crippen LogP contribution in [-0.4, -0.2) is 41.1 Å². The zero-order chi connectivity index (χ0) is 15.8. The van der Waals surface area contributed by atoms with Crippen molar-refractivity contribution in [3.05, 3.63) is 33.4 Å². The van der Waals surface area contributed by atoms with Gasteiger partial charge < -0.3 is 4.84 Å². The van der Waals surface area contributed by atoms with Gasteiger partial charge >= 0.3 is 5.97 Å². The van der Waals surface area contributed by atoms with Gasteiger partial charge in [-0.15, -0.1) is 5.06 Å². The van der Waals surface area contributed by atoms with E-state index in [1.54, 1.807) is 12.1 Å². The highest BCUT2D eigenvalue weighted by Crippen LogP contribution is 2.20. The second-order valence-corrected chi connectivity index (χ2v) is 6.96. The van der Waals surface area contributed by atoms with Gasteiger partial charge in [0.15, 0.2) is 5.25 Å². The largest absolute Gasteiger partial charge is 0.363 e. The van der Waals surface area contributed by atoms with Gasteiger partial charge in [0, 0.05) is 3.57 Å². The van der Waals surface area contributed by atoms with Crippen molar-refractivity contribution in [3.8, 4) is 0 Å². The molecule has 1 unspecified atom stereocenters. The van der Waals surface area contributed by atoms with Crippen molar-refractivity contribution < 1.29 is 32.2 Å². The molecule has 21 heavy (non-hydrogen) atoms. The van der Waals surface area contributed by atoms with Gasteiger partial charge in [0.1, 0.15) is 0 Å². The van der Waals surface area contributed by atoms with Crippen molar-refractivity contribution in [2.75, 3.05) is 0 Å². The predicted molar refractivity (Wildman–Crippen MR) is 76.4 cm³/mol. The van der Waals surface area contributed by atoms with Crippen LogP contribution in [0.1, 0.15) is 16.8 Å². The molecule has 1 saturated heterocycles. The number of hydrogen-bond donors (Lipinski definition) is 1. The zero-order valence-electron chi connectivity index (χ0n) is 10.2. The van der Waals surface area contributed by atoms with Crippen LogP contribution in [0.5, 0.6) is 0 Å². The first-order valence-corrected chi connectivity index (χ1v) is 8.09. The van der Waals surface area contributed by atoms with Gasteiger partial charge in [-0.1, -0.05) is 0 Å². The minimum absolute atomic E-state index is 0.0682. The Morgan fingerprint density at radius 1 is 1.29 bits per heavy atom. The fraction of sp³-hybridized carbons (Fsp3) is 0.182. The van der Waals surface area contributed by atoms with Crippen LogP contribution in [0.15, 0.2) is 24.3 Å². The number of hydrogen-bond acceptors (Lipinski definition) is 6. The van der Waals surface area contributed by atoms with E-state index in [0.717, 1.165) is 3.57 Å². The van der Waals surface area contributed by atoms with Crippen LogP contribution in [0, 0.1) is 3.57 Å². The Balaban J connectivity index is 2.16. The molecule has 8 nitrogen and oxygen atoms in total. The molecular weight excluding hydrogens is 417 g/mol. The van der Waals surface area contributed by atoms with Crippen molar-refractivity contribution in [2.24, 2.45) is 0 Å². The molecule has 0 aromatic heterocycles. The minimum atomic E-state index is -4.73. The summed E-state index contributed by atoms with van der Waals surface area (Å²) < 4.78 is 31.6. The number of carbonyl (C=O) groups excluding carboxylic acids is 3. The molecule has 1 aliphatic heterocycles. The SMILES string of the molecule is O=C(ON1C(=O)CC(S(=O)(=O)O)C1=O)c1ccc(I)cc1. The lowest BCUT2D eigenvalue weighted by Gasteiger charge is -2.13. The van der Waals surface area contributed by atoms with E-state index in [2.05, 4.69) is 4.84 Å². The molecule has 112 valence electrons. The third kappa shape index (κ3) is 3.39. The maximum atomic E-state index is 11.8. The number of nitrogens with zero attached hydrogens (tertiary/aromatic N) is 1. The molecule has 0 saturated carbocycles. The Labute approximate surface area is 132 Å². The maximum absolute atomic E-state index is 11.8. The molecule has 1 fully saturated rings. The average molecular weight is 425 g/mol. The van der Waals surface area contributed by atoms with Gasteiger partial charge in [-0.25, -0.2) is 4.79 Å². The summed E-state index contributed by atoms with van der Waals surface area (Å²) in [4.78, 5) is 39.6. The van der Waals surface area contributed by atoms with Gasteiger partial charge in [0.2, 0.25) is 0 Å². The quantitative estimate of drug-likeness (QED) is 0.423. The molecule has 1 aromatic rings. The van der Waals surface area contributed by atoms with Crippen LogP contribution in [0.4, 0.5) is 0 Å². The van der Waals surface area contributed by atoms with E-state index in [1.165, 1.54) is 12.1 Å². The van der Waals surface area contributed by atoms with Crippen molar-refractivity contribution in [3.63, 3.8) is 0 Å². The van der Waals surface area contributed by atoms with Crippen LogP contribution >= 0.6 is 22.6 Å². The minimum Gasteiger partial charge on any atom is -0.325 e. The number of hydroxylamine groups is 2. The Morgan fingerprint density at radius 3 is 2.33 bits per heavy atom. The van der Waals surface area contributed by atoms with Crippen LogP contribution in [0.3, 0.4) is 0 Å². The lowest BCUT2D eigenvalue weighted by Crippen LogP contribution is -2.36. The summed E-state index contributed by atoms with van der Waals surface area (Å²) in [5, 5.41) is -1.87. The van der Waals surface area contributed by atoms with Crippen molar-refractivity contribution in [1.82, 2.24) is 5.06 Å². The van der Waals surface area contributed by atoms with Gasteiger partial charge in [0.25, 0.3) is 21.9 Å². The number of benzene rings is 1. The summed E-state index contributed by atoms with van der Waals surface area (Å²) >= 11 is 2.02. The molecule has 0 aliphatic carbocycles. The van der Waals surface area contributed by atoms with Crippen LogP contribution in [0.25, 0.3) is 0 Å².